The van der Waals surface area contributed by atoms with Gasteiger partial charge >= 0.3 is 0 Å². The Bertz CT molecular complexity index is 2830. The Morgan fingerprint density at radius 1 is 0.311 bits per heavy atom. The predicted molar refractivity (Wildman–Crippen MR) is 483 cm³/mol. The third-order valence-electron chi connectivity index (χ3n) is 15.1. The van der Waals surface area contributed by atoms with Crippen LogP contribution in [0.1, 0.15) is 360 Å². The van der Waals surface area contributed by atoms with Gasteiger partial charge in [-0.15, -0.1) is 6.58 Å². The average molecular weight is 1410 g/mol. The van der Waals surface area contributed by atoms with Crippen LogP contribution in [-0.4, -0.2) is 0 Å². The van der Waals surface area contributed by atoms with E-state index < -0.39 is 0 Å². The molecule has 0 fully saturated rings. The summed E-state index contributed by atoms with van der Waals surface area (Å²) in [6.07, 6.45) is 11.4. The van der Waals surface area contributed by atoms with Crippen molar-refractivity contribution >= 4 is 0 Å². The number of hydrogen-bond acceptors (Lipinski definition) is 0. The molecule has 0 amide bonds. The maximum Gasteiger partial charge on any atom is -0.0132 e. The van der Waals surface area contributed by atoms with E-state index in [1.165, 1.54) is 98.0 Å². The molecule has 0 aliphatic rings. The Balaban J connectivity index is -0.000000197. The van der Waals surface area contributed by atoms with Crippen molar-refractivity contribution in [3.05, 3.63) is 261 Å². The van der Waals surface area contributed by atoms with Crippen molar-refractivity contribution in [3.8, 4) is 0 Å². The number of hydrogen-bond donors (Lipinski definition) is 0. The molecule has 0 bridgehead atoms. The Kier molecular flexibility index (Phi) is 66.0. The highest BCUT2D eigenvalue weighted by Crippen LogP contribution is 2.35. The second-order valence-corrected chi connectivity index (χ2v) is 36.1. The van der Waals surface area contributed by atoms with Gasteiger partial charge < -0.3 is 0 Å². The summed E-state index contributed by atoms with van der Waals surface area (Å²) in [6.45, 7) is 95.4. The zero-order valence-electron chi connectivity index (χ0n) is 76.8. The molecule has 0 heteroatoms. The van der Waals surface area contributed by atoms with Gasteiger partial charge in [-0.1, -0.05) is 478 Å². The van der Waals surface area contributed by atoms with Crippen molar-refractivity contribution in [1.29, 1.82) is 0 Å². The minimum absolute atomic E-state index is 0.260. The van der Waals surface area contributed by atoms with E-state index in [1.807, 2.05) is 26.8 Å². The van der Waals surface area contributed by atoms with Gasteiger partial charge in [0.25, 0.3) is 0 Å². The molecule has 0 unspecified atom stereocenters. The minimum Gasteiger partial charge on any atom is -0.103 e. The molecule has 0 heterocycles. The summed E-state index contributed by atoms with van der Waals surface area (Å²) in [5.41, 5.74) is 20.9. The summed E-state index contributed by atoms with van der Waals surface area (Å²) in [5, 5.41) is 0. The maximum absolute atomic E-state index is 3.36. The molecule has 7 aromatic rings. The van der Waals surface area contributed by atoms with E-state index in [1.54, 1.807) is 6.08 Å². The van der Waals surface area contributed by atoms with Gasteiger partial charge in [0, 0.05) is 0 Å². The summed E-state index contributed by atoms with van der Waals surface area (Å²) in [7, 11) is 0. The highest BCUT2D eigenvalue weighted by atomic mass is 14.3. The zero-order valence-corrected chi connectivity index (χ0v) is 76.8. The summed E-state index contributed by atoms with van der Waals surface area (Å²) in [4.78, 5) is 0. The second kappa shape index (κ2) is 61.4. The lowest BCUT2D eigenvalue weighted by molar-refractivity contribution is 0.206. The summed E-state index contributed by atoms with van der Waals surface area (Å²) < 4.78 is 0. The number of aryl methyl sites for hydroxylation is 9. The second-order valence-electron chi connectivity index (χ2n) is 36.1. The molecule has 0 saturated heterocycles. The summed E-state index contributed by atoms with van der Waals surface area (Å²) in [5.74, 6) is 1.49. The molecule has 0 atom stereocenters. The fraction of sp³-hybridized carbons (Fsp3) is 0.573. The van der Waals surface area contributed by atoms with Crippen LogP contribution in [-0.2, 0) is 41.9 Å². The van der Waals surface area contributed by atoms with Gasteiger partial charge in [-0.05, 0) is 168 Å². The van der Waals surface area contributed by atoms with E-state index in [2.05, 4.69) is 446 Å². The van der Waals surface area contributed by atoms with Crippen LogP contribution in [0.4, 0.5) is 0 Å². The molecule has 103 heavy (non-hydrogen) atoms. The van der Waals surface area contributed by atoms with Crippen LogP contribution in [0.2, 0.25) is 0 Å². The first kappa shape index (κ1) is 111. The first-order valence-electron chi connectivity index (χ1n) is 40.2. The molecule has 0 aliphatic carbocycles. The average Bonchev–Trinajstić information content (AvgIpc) is 0.840. The third-order valence-corrected chi connectivity index (χ3v) is 15.1. The van der Waals surface area contributed by atoms with Gasteiger partial charge in [0.05, 0.1) is 0 Å². The van der Waals surface area contributed by atoms with Crippen LogP contribution in [0.3, 0.4) is 0 Å². The lowest BCUT2D eigenvalue weighted by Gasteiger charge is -2.31. The van der Waals surface area contributed by atoms with E-state index in [0.717, 1.165) is 31.6 Å². The number of rotatable bonds is 7. The smallest absolute Gasteiger partial charge is 0.0132 e. The molecular formula is C103H176. The Morgan fingerprint density at radius 2 is 0.495 bits per heavy atom. The van der Waals surface area contributed by atoms with Crippen LogP contribution in [0.15, 0.2) is 189 Å². The zero-order chi connectivity index (χ0) is 82.0. The molecule has 0 N–H and O–H groups in total. The SMILES string of the molecule is C=CC.CC.CC(C)(C)C.CC(C)(C)c1ccc(C(C)(C)C)cc1.CC(C)C.CCC.CCC(C)(C)C.CCC(C)(C)CC(C)(C)C.CCc1ccc(C)cc1.CCc1ccc(CC)cc1.CCc1ccccc1.Cc1ccc(C(C)(C)C)cc1.Cc1ccc(C(C)C)cc1.Cc1ccc(C)cc1. The maximum atomic E-state index is 3.36. The molecule has 0 saturated carbocycles. The molecule has 7 rings (SSSR count). The first-order valence-corrected chi connectivity index (χ1v) is 40.2. The van der Waals surface area contributed by atoms with Gasteiger partial charge in [-0.3, -0.25) is 0 Å². The van der Waals surface area contributed by atoms with Crippen LogP contribution >= 0.6 is 0 Å². The molecule has 0 spiro atoms. The van der Waals surface area contributed by atoms with E-state index in [4.69, 9.17) is 0 Å². The first-order chi connectivity index (χ1) is 47.2. The largest absolute Gasteiger partial charge is 0.103 e. The van der Waals surface area contributed by atoms with E-state index >= 15 is 0 Å². The van der Waals surface area contributed by atoms with Crippen molar-refractivity contribution in [2.75, 3.05) is 0 Å². The lowest BCUT2D eigenvalue weighted by Crippen LogP contribution is -2.19. The van der Waals surface area contributed by atoms with E-state index in [0.29, 0.717) is 27.6 Å². The van der Waals surface area contributed by atoms with E-state index in [9.17, 15) is 0 Å². The molecule has 588 valence electrons. The van der Waals surface area contributed by atoms with Gasteiger partial charge in [0.15, 0.2) is 0 Å². The monoisotopic (exact) mass is 1410 g/mol. The van der Waals surface area contributed by atoms with Gasteiger partial charge in [-0.2, -0.15) is 0 Å². The van der Waals surface area contributed by atoms with Gasteiger partial charge in [0.2, 0.25) is 0 Å². The lowest BCUT2D eigenvalue weighted by atomic mass is 9.75. The standard InChI is InChI=1S/C14H22.C11H16.2C10H14.C10H22.C9H12.2C8H10.C6H14.C5H12.C4H10.C3H8.C3H6.C2H6/c1-13(2,3)11-7-9-12(10-8-11)14(4,5)6;1-9-5-7-10(8-6-9)11(2,3)4;1-8(2)10-6-4-9(3)5-7-10;1-3-9-5-7-10(4-2)8-6-9;1-7-10(5,6)8-9(2,3)4;1-3-9-6-4-8(2)5-7-9;1-7-3-5-8(2)6-4-7;1-2-8-6-4-3-5-7-8;1-5-6(2,3)4;1-5(2,3)4;1-4(2)3;2*1-3-2;1-2/h7-10H,1-6H3;5-8H,1-4H3;4-8H,1-3H3;5-8H,3-4H2,1-2H3;7-8H2,1-6H3;4-7H,3H2,1-2H3;3-6H,1-2H3;3-7H,2H2,1H3;5H2,1-4H3;1-4H3;4H,1-3H3;3H2,1-2H3;3H,1H2,2H3;1-2H3. The quantitative estimate of drug-likeness (QED) is 0.140. The topological polar surface area (TPSA) is 0 Å². The van der Waals surface area contributed by atoms with Crippen molar-refractivity contribution < 1.29 is 0 Å². The predicted octanol–water partition coefficient (Wildman–Crippen LogP) is 34.3. The number of allylic oxidation sites excluding steroid dienone is 1. The highest BCUT2D eigenvalue weighted by Gasteiger charge is 2.23. The fourth-order valence-electron chi connectivity index (χ4n) is 8.22. The fourth-order valence-corrected chi connectivity index (χ4v) is 8.22. The van der Waals surface area contributed by atoms with Gasteiger partial charge in [-0.25, -0.2) is 0 Å². The Morgan fingerprint density at radius 3 is 0.660 bits per heavy atom. The molecule has 0 aliphatic heterocycles. The van der Waals surface area contributed by atoms with Crippen molar-refractivity contribution in [3.63, 3.8) is 0 Å². The van der Waals surface area contributed by atoms with Crippen LogP contribution in [0.5, 0.6) is 0 Å². The molecule has 0 nitrogen and oxygen atoms in total. The summed E-state index contributed by atoms with van der Waals surface area (Å²) >= 11 is 0. The highest BCUT2D eigenvalue weighted by molar-refractivity contribution is 5.31. The number of benzene rings is 7. The van der Waals surface area contributed by atoms with Crippen molar-refractivity contribution in [2.45, 2.75) is 364 Å². The molecule has 7 aromatic carbocycles. The van der Waals surface area contributed by atoms with Crippen LogP contribution in [0, 0.1) is 62.2 Å². The molecule has 0 aromatic heterocycles. The summed E-state index contributed by atoms with van der Waals surface area (Å²) in [6, 6.07) is 62.9. The van der Waals surface area contributed by atoms with Crippen molar-refractivity contribution in [2.24, 2.45) is 27.6 Å². The van der Waals surface area contributed by atoms with Crippen LogP contribution < -0.4 is 0 Å². The molecular weight excluding hydrogens is 1240 g/mol. The third kappa shape index (κ3) is 78.7. The Hall–Kier alpha value is -5.72. The van der Waals surface area contributed by atoms with Crippen LogP contribution in [0.25, 0.3) is 0 Å². The van der Waals surface area contributed by atoms with Gasteiger partial charge in [0.1, 0.15) is 0 Å². The minimum atomic E-state index is 0.260. The van der Waals surface area contributed by atoms with E-state index in [-0.39, 0.29) is 16.2 Å². The Labute approximate surface area is 648 Å². The molecule has 0 radical (unpaired) electrons. The van der Waals surface area contributed by atoms with Crippen molar-refractivity contribution in [1.82, 2.24) is 0 Å². The normalized spacial score (nSPS) is 10.6.